The number of halogens is 3. The van der Waals surface area contributed by atoms with Gasteiger partial charge in [0.05, 0.1) is 17.0 Å². The zero-order valence-corrected chi connectivity index (χ0v) is 12.5. The number of rotatable bonds is 4. The van der Waals surface area contributed by atoms with E-state index < -0.39 is 16.7 Å². The highest BCUT2D eigenvalue weighted by Crippen LogP contribution is 2.31. The number of non-ortho nitro benzene ring substituents is 1. The molecule has 0 aliphatic carbocycles. The number of aromatic nitrogens is 4. The van der Waals surface area contributed by atoms with Gasteiger partial charge in [-0.3, -0.25) is 10.1 Å². The lowest BCUT2D eigenvalue weighted by atomic mass is 10.1. The van der Waals surface area contributed by atoms with Crippen molar-refractivity contribution in [3.63, 3.8) is 0 Å². The van der Waals surface area contributed by atoms with Crippen molar-refractivity contribution in [1.29, 1.82) is 0 Å². The maximum atomic E-state index is 12.8. The SMILES string of the molecule is O=[N+]([O-])c1ccc(Cn2nnc(-c3cccc(C(F)(F)F)c3)n2)cc1. The molecule has 0 spiro atoms. The van der Waals surface area contributed by atoms with Crippen LogP contribution in [0.25, 0.3) is 11.4 Å². The van der Waals surface area contributed by atoms with Gasteiger partial charge in [0.25, 0.3) is 5.69 Å². The van der Waals surface area contributed by atoms with Gasteiger partial charge in [0.2, 0.25) is 5.82 Å². The number of nitrogens with zero attached hydrogens (tertiary/aromatic N) is 5. The lowest BCUT2D eigenvalue weighted by molar-refractivity contribution is -0.384. The van der Waals surface area contributed by atoms with Gasteiger partial charge < -0.3 is 0 Å². The van der Waals surface area contributed by atoms with Crippen molar-refractivity contribution in [2.75, 3.05) is 0 Å². The number of hydrogen-bond acceptors (Lipinski definition) is 5. The highest BCUT2D eigenvalue weighted by Gasteiger charge is 2.30. The van der Waals surface area contributed by atoms with Gasteiger partial charge in [-0.1, -0.05) is 24.3 Å². The predicted octanol–water partition coefficient (Wildman–Crippen LogP) is 3.32. The van der Waals surface area contributed by atoms with Crippen LogP contribution in [0.3, 0.4) is 0 Å². The fourth-order valence-electron chi connectivity index (χ4n) is 2.15. The molecule has 10 heteroatoms. The molecule has 0 aliphatic heterocycles. The van der Waals surface area contributed by atoms with Crippen LogP contribution in [-0.4, -0.2) is 25.1 Å². The van der Waals surface area contributed by atoms with E-state index >= 15 is 0 Å². The average molecular weight is 349 g/mol. The molecule has 25 heavy (non-hydrogen) atoms. The van der Waals surface area contributed by atoms with Crippen molar-refractivity contribution in [3.05, 3.63) is 69.8 Å². The average Bonchev–Trinajstić information content (AvgIpc) is 3.03. The number of tetrazole rings is 1. The number of hydrogen-bond donors (Lipinski definition) is 0. The van der Waals surface area contributed by atoms with E-state index in [0.29, 0.717) is 5.56 Å². The first-order valence-corrected chi connectivity index (χ1v) is 7.02. The van der Waals surface area contributed by atoms with E-state index in [4.69, 9.17) is 0 Å². The van der Waals surface area contributed by atoms with E-state index in [0.717, 1.165) is 12.1 Å². The molecule has 0 aliphatic rings. The van der Waals surface area contributed by atoms with Gasteiger partial charge in [-0.25, -0.2) is 0 Å². The van der Waals surface area contributed by atoms with Gasteiger partial charge in [0.15, 0.2) is 0 Å². The molecule has 0 saturated carbocycles. The normalized spacial score (nSPS) is 11.5. The zero-order chi connectivity index (χ0) is 18.0. The Kier molecular flexibility index (Phi) is 4.17. The Bertz CT molecular complexity index is 906. The summed E-state index contributed by atoms with van der Waals surface area (Å²) < 4.78 is 38.3. The minimum Gasteiger partial charge on any atom is -0.258 e. The molecule has 3 rings (SSSR count). The Hall–Kier alpha value is -3.30. The quantitative estimate of drug-likeness (QED) is 0.533. The van der Waals surface area contributed by atoms with Gasteiger partial charge in [-0.05, 0) is 22.9 Å². The molecule has 7 nitrogen and oxygen atoms in total. The number of nitro groups is 1. The van der Waals surface area contributed by atoms with Gasteiger partial charge in [0.1, 0.15) is 0 Å². The minimum absolute atomic E-state index is 0.0417. The first-order valence-electron chi connectivity index (χ1n) is 7.02. The first-order chi connectivity index (χ1) is 11.8. The van der Waals surface area contributed by atoms with E-state index in [1.807, 2.05) is 0 Å². The summed E-state index contributed by atoms with van der Waals surface area (Å²) in [5.41, 5.74) is 0.0556. The summed E-state index contributed by atoms with van der Waals surface area (Å²) in [6.07, 6.45) is -4.45. The number of alkyl halides is 3. The van der Waals surface area contributed by atoms with Gasteiger partial charge in [-0.15, -0.1) is 10.2 Å². The summed E-state index contributed by atoms with van der Waals surface area (Å²) in [6, 6.07) is 10.4. The minimum atomic E-state index is -4.45. The molecule has 1 heterocycles. The molecular weight excluding hydrogens is 339 g/mol. The molecular formula is C15H10F3N5O2. The topological polar surface area (TPSA) is 86.7 Å². The Morgan fingerprint density at radius 1 is 1.12 bits per heavy atom. The summed E-state index contributed by atoms with van der Waals surface area (Å²) in [7, 11) is 0. The fourth-order valence-corrected chi connectivity index (χ4v) is 2.15. The second-order valence-electron chi connectivity index (χ2n) is 5.15. The predicted molar refractivity (Wildman–Crippen MR) is 80.5 cm³/mol. The summed E-state index contributed by atoms with van der Waals surface area (Å²) in [5.74, 6) is 0.0630. The standard InChI is InChI=1S/C15H10F3N5O2/c16-15(17,18)12-3-1-2-11(8-12)14-19-21-22(20-14)9-10-4-6-13(7-5-10)23(24)25/h1-8H,9H2. The van der Waals surface area contributed by atoms with Gasteiger partial charge in [0, 0.05) is 17.7 Å². The molecule has 0 N–H and O–H groups in total. The van der Waals surface area contributed by atoms with Crippen LogP contribution in [0.1, 0.15) is 11.1 Å². The van der Waals surface area contributed by atoms with Crippen LogP contribution in [0.15, 0.2) is 48.5 Å². The van der Waals surface area contributed by atoms with E-state index in [9.17, 15) is 23.3 Å². The molecule has 0 saturated heterocycles. The van der Waals surface area contributed by atoms with Gasteiger partial charge in [-0.2, -0.15) is 18.0 Å². The third-order valence-corrected chi connectivity index (χ3v) is 3.37. The lowest BCUT2D eigenvalue weighted by Crippen LogP contribution is -2.05. The van der Waals surface area contributed by atoms with Crippen molar-refractivity contribution in [3.8, 4) is 11.4 Å². The third-order valence-electron chi connectivity index (χ3n) is 3.37. The highest BCUT2D eigenvalue weighted by atomic mass is 19.4. The van der Waals surface area contributed by atoms with Crippen LogP contribution in [0.4, 0.5) is 18.9 Å². The van der Waals surface area contributed by atoms with Crippen LogP contribution in [-0.2, 0) is 12.7 Å². The van der Waals surface area contributed by atoms with E-state index in [-0.39, 0.29) is 23.6 Å². The van der Waals surface area contributed by atoms with Crippen molar-refractivity contribution >= 4 is 5.69 Å². The zero-order valence-electron chi connectivity index (χ0n) is 12.5. The Morgan fingerprint density at radius 2 is 1.84 bits per heavy atom. The molecule has 1 aromatic heterocycles. The van der Waals surface area contributed by atoms with E-state index in [1.165, 1.54) is 29.1 Å². The van der Waals surface area contributed by atoms with Crippen LogP contribution < -0.4 is 0 Å². The van der Waals surface area contributed by atoms with Gasteiger partial charge >= 0.3 is 6.18 Å². The summed E-state index contributed by atoms with van der Waals surface area (Å²) >= 11 is 0. The van der Waals surface area contributed by atoms with Crippen LogP contribution in [0, 0.1) is 10.1 Å². The molecule has 2 aromatic carbocycles. The molecule has 0 bridgehead atoms. The van der Waals surface area contributed by atoms with Crippen molar-refractivity contribution in [1.82, 2.24) is 20.2 Å². The Morgan fingerprint density at radius 3 is 2.48 bits per heavy atom. The molecule has 0 fully saturated rings. The Labute approximate surface area is 138 Å². The van der Waals surface area contributed by atoms with Crippen LogP contribution in [0.2, 0.25) is 0 Å². The van der Waals surface area contributed by atoms with Crippen LogP contribution >= 0.6 is 0 Å². The van der Waals surface area contributed by atoms with Crippen molar-refractivity contribution < 1.29 is 18.1 Å². The van der Waals surface area contributed by atoms with E-state index in [1.54, 1.807) is 12.1 Å². The largest absolute Gasteiger partial charge is 0.416 e. The molecule has 0 amide bonds. The highest BCUT2D eigenvalue weighted by molar-refractivity contribution is 5.55. The van der Waals surface area contributed by atoms with E-state index in [2.05, 4.69) is 15.4 Å². The third kappa shape index (κ3) is 3.79. The van der Waals surface area contributed by atoms with Crippen LogP contribution in [0.5, 0.6) is 0 Å². The Balaban J connectivity index is 1.80. The molecule has 0 radical (unpaired) electrons. The molecule has 0 unspecified atom stereocenters. The summed E-state index contributed by atoms with van der Waals surface area (Å²) in [6.45, 7) is 0.184. The van der Waals surface area contributed by atoms with Crippen molar-refractivity contribution in [2.45, 2.75) is 12.7 Å². The summed E-state index contributed by atoms with van der Waals surface area (Å²) in [4.78, 5) is 11.3. The second kappa shape index (κ2) is 6.30. The monoisotopic (exact) mass is 349 g/mol. The maximum absolute atomic E-state index is 12.8. The smallest absolute Gasteiger partial charge is 0.258 e. The maximum Gasteiger partial charge on any atom is 0.416 e. The molecule has 128 valence electrons. The number of benzene rings is 2. The second-order valence-corrected chi connectivity index (χ2v) is 5.15. The van der Waals surface area contributed by atoms with Crippen molar-refractivity contribution in [2.24, 2.45) is 0 Å². The first kappa shape index (κ1) is 16.6. The molecule has 0 atom stereocenters. The number of nitro benzene ring substituents is 1. The molecule has 3 aromatic rings. The summed E-state index contributed by atoms with van der Waals surface area (Å²) in [5, 5.41) is 22.2. The lowest BCUT2D eigenvalue weighted by Gasteiger charge is -2.06. The fraction of sp³-hybridized carbons (Fsp3) is 0.133.